The maximum Gasteiger partial charge on any atom is 0.317 e. The van der Waals surface area contributed by atoms with Crippen LogP contribution in [0.4, 0.5) is 0 Å². The van der Waals surface area contributed by atoms with Gasteiger partial charge in [0.15, 0.2) is 5.78 Å². The van der Waals surface area contributed by atoms with Crippen LogP contribution < -0.4 is 4.74 Å². The largest absolute Gasteiger partial charge is 0.497 e. The first-order chi connectivity index (χ1) is 13.0. The van der Waals surface area contributed by atoms with Crippen LogP contribution in [0, 0.1) is 12.8 Å². The number of benzene rings is 2. The van der Waals surface area contributed by atoms with Crippen LogP contribution in [0.2, 0.25) is 0 Å². The highest BCUT2D eigenvalue weighted by Crippen LogP contribution is 2.41. The number of hydrogen-bond acceptors (Lipinski definition) is 4. The maximum absolute atomic E-state index is 12.9. The second-order valence-corrected chi connectivity index (χ2v) is 6.70. The van der Waals surface area contributed by atoms with E-state index in [1.807, 2.05) is 55.5 Å². The molecule has 2 aromatic carbocycles. The third kappa shape index (κ3) is 3.95. The Morgan fingerprint density at radius 2 is 1.93 bits per heavy atom. The lowest BCUT2D eigenvalue weighted by atomic mass is 9.72. The molecular formula is C23H24O4. The van der Waals surface area contributed by atoms with Crippen LogP contribution in [0.3, 0.4) is 0 Å². The lowest BCUT2D eigenvalue weighted by Gasteiger charge is -2.30. The van der Waals surface area contributed by atoms with E-state index in [4.69, 9.17) is 9.47 Å². The zero-order valence-electron chi connectivity index (χ0n) is 15.9. The fourth-order valence-electron chi connectivity index (χ4n) is 3.70. The fourth-order valence-corrected chi connectivity index (χ4v) is 3.70. The highest BCUT2D eigenvalue weighted by molar-refractivity contribution is 6.10. The Morgan fingerprint density at radius 3 is 2.63 bits per heavy atom. The van der Waals surface area contributed by atoms with Gasteiger partial charge in [-0.1, -0.05) is 36.4 Å². The first-order valence-corrected chi connectivity index (χ1v) is 9.16. The Kier molecular flexibility index (Phi) is 5.75. The van der Waals surface area contributed by atoms with Gasteiger partial charge >= 0.3 is 5.97 Å². The molecular weight excluding hydrogens is 340 g/mol. The van der Waals surface area contributed by atoms with E-state index < -0.39 is 11.9 Å². The summed E-state index contributed by atoms with van der Waals surface area (Å²) in [6, 6.07) is 15.6. The van der Waals surface area contributed by atoms with Crippen LogP contribution in [-0.2, 0) is 14.3 Å². The molecule has 0 unspecified atom stereocenters. The molecule has 0 fully saturated rings. The second-order valence-electron chi connectivity index (χ2n) is 6.70. The molecule has 0 aliphatic heterocycles. The molecule has 4 nitrogen and oxygen atoms in total. The molecule has 0 saturated heterocycles. The summed E-state index contributed by atoms with van der Waals surface area (Å²) in [5.41, 5.74) is 3.92. The Bertz CT molecular complexity index is 881. The minimum absolute atomic E-state index is 0.203. The Hall–Kier alpha value is -2.88. The number of ketones is 1. The molecule has 0 aromatic heterocycles. The summed E-state index contributed by atoms with van der Waals surface area (Å²) in [6.07, 6.45) is 2.18. The van der Waals surface area contributed by atoms with Crippen molar-refractivity contribution in [3.8, 4) is 5.75 Å². The molecule has 2 atom stereocenters. The second kappa shape index (κ2) is 8.21. The van der Waals surface area contributed by atoms with Crippen molar-refractivity contribution in [3.63, 3.8) is 0 Å². The molecule has 0 spiro atoms. The topological polar surface area (TPSA) is 52.6 Å². The predicted octanol–water partition coefficient (Wildman–Crippen LogP) is 4.32. The lowest BCUT2D eigenvalue weighted by Crippen LogP contribution is -2.34. The van der Waals surface area contributed by atoms with Crippen molar-refractivity contribution in [2.24, 2.45) is 5.92 Å². The van der Waals surface area contributed by atoms with E-state index in [-0.39, 0.29) is 18.3 Å². The van der Waals surface area contributed by atoms with Gasteiger partial charge in [-0.2, -0.15) is 0 Å². The number of rotatable bonds is 5. The average Bonchev–Trinajstić information content (AvgIpc) is 2.68. The van der Waals surface area contributed by atoms with E-state index >= 15 is 0 Å². The van der Waals surface area contributed by atoms with Crippen molar-refractivity contribution in [1.82, 2.24) is 0 Å². The maximum atomic E-state index is 12.9. The summed E-state index contributed by atoms with van der Waals surface area (Å²) in [5.74, 6) is -0.965. The number of methoxy groups -OCH3 is 1. The van der Waals surface area contributed by atoms with Crippen LogP contribution in [-0.4, -0.2) is 25.5 Å². The minimum Gasteiger partial charge on any atom is -0.497 e. The fraction of sp³-hybridized carbons (Fsp3) is 0.304. The third-order valence-electron chi connectivity index (χ3n) is 5.03. The smallest absolute Gasteiger partial charge is 0.317 e. The molecule has 0 radical (unpaired) electrons. The van der Waals surface area contributed by atoms with Crippen LogP contribution in [0.15, 0.2) is 54.6 Å². The first kappa shape index (κ1) is 18.9. The molecule has 3 rings (SSSR count). The molecule has 0 bridgehead atoms. The van der Waals surface area contributed by atoms with Crippen LogP contribution in [0.1, 0.15) is 36.0 Å². The van der Waals surface area contributed by atoms with Gasteiger partial charge in [-0.3, -0.25) is 9.59 Å². The summed E-state index contributed by atoms with van der Waals surface area (Å²) in [7, 11) is 1.62. The average molecular weight is 364 g/mol. The van der Waals surface area contributed by atoms with E-state index in [2.05, 4.69) is 0 Å². The molecule has 0 amide bonds. The van der Waals surface area contributed by atoms with Crippen LogP contribution in [0.5, 0.6) is 5.75 Å². The van der Waals surface area contributed by atoms with Crippen molar-refractivity contribution in [2.45, 2.75) is 26.2 Å². The van der Waals surface area contributed by atoms with Gasteiger partial charge in [0, 0.05) is 5.92 Å². The molecule has 0 saturated carbocycles. The Morgan fingerprint density at radius 1 is 1.15 bits per heavy atom. The molecule has 140 valence electrons. The van der Waals surface area contributed by atoms with Gasteiger partial charge in [0.05, 0.1) is 13.7 Å². The van der Waals surface area contributed by atoms with Crippen molar-refractivity contribution >= 4 is 17.3 Å². The zero-order valence-corrected chi connectivity index (χ0v) is 15.9. The van der Waals surface area contributed by atoms with Crippen molar-refractivity contribution in [1.29, 1.82) is 0 Å². The van der Waals surface area contributed by atoms with E-state index in [9.17, 15) is 9.59 Å². The summed E-state index contributed by atoms with van der Waals surface area (Å²) in [6.45, 7) is 4.02. The van der Waals surface area contributed by atoms with Gasteiger partial charge < -0.3 is 9.47 Å². The third-order valence-corrected chi connectivity index (χ3v) is 5.03. The van der Waals surface area contributed by atoms with E-state index in [1.165, 1.54) is 0 Å². The minimum atomic E-state index is -0.805. The van der Waals surface area contributed by atoms with Crippen molar-refractivity contribution < 1.29 is 19.1 Å². The molecule has 27 heavy (non-hydrogen) atoms. The van der Waals surface area contributed by atoms with Gasteiger partial charge in [0.2, 0.25) is 0 Å². The van der Waals surface area contributed by atoms with Gasteiger partial charge in [-0.05, 0) is 60.7 Å². The molecule has 1 aliphatic carbocycles. The highest BCUT2D eigenvalue weighted by atomic mass is 16.5. The summed E-state index contributed by atoms with van der Waals surface area (Å²) >= 11 is 0. The van der Waals surface area contributed by atoms with Gasteiger partial charge in [-0.25, -0.2) is 0 Å². The summed E-state index contributed by atoms with van der Waals surface area (Å²) in [4.78, 5) is 25.5. The first-order valence-electron chi connectivity index (χ1n) is 9.16. The standard InChI is InChI=1S/C23H24O4/c1-4-27-23(25)22-20(19-11-6-5-8-15(19)2)13-17(14-21(22)24)16-9-7-10-18(12-16)26-3/h5-12,14,20,22H,4,13H2,1-3H3/t20-,22+/m0/s1. The van der Waals surface area contributed by atoms with Crippen LogP contribution >= 0.6 is 0 Å². The van der Waals surface area contributed by atoms with Gasteiger partial charge in [0.1, 0.15) is 11.7 Å². The number of aryl methyl sites for hydroxylation is 1. The molecule has 1 aliphatic rings. The zero-order chi connectivity index (χ0) is 19.4. The molecule has 2 aromatic rings. The molecule has 4 heteroatoms. The number of hydrogen-bond donors (Lipinski definition) is 0. The van der Waals surface area contributed by atoms with E-state index in [0.29, 0.717) is 6.42 Å². The predicted molar refractivity (Wildman–Crippen MR) is 105 cm³/mol. The number of allylic oxidation sites excluding steroid dienone is 2. The molecule has 0 N–H and O–H groups in total. The Labute approximate surface area is 159 Å². The molecule has 0 heterocycles. The monoisotopic (exact) mass is 364 g/mol. The SMILES string of the molecule is CCOC(=O)[C@H]1C(=O)C=C(c2cccc(OC)c2)C[C@H]1c1ccccc1C. The van der Waals surface area contributed by atoms with Crippen LogP contribution in [0.25, 0.3) is 5.57 Å². The number of esters is 1. The number of carbonyl (C=O) groups excluding carboxylic acids is 2. The van der Waals surface area contributed by atoms with Gasteiger partial charge in [-0.15, -0.1) is 0 Å². The lowest BCUT2D eigenvalue weighted by molar-refractivity contribution is -0.151. The highest BCUT2D eigenvalue weighted by Gasteiger charge is 2.40. The van der Waals surface area contributed by atoms with Gasteiger partial charge in [0.25, 0.3) is 0 Å². The van der Waals surface area contributed by atoms with Crippen molar-refractivity contribution in [3.05, 3.63) is 71.3 Å². The number of ether oxygens (including phenoxy) is 2. The Balaban J connectivity index is 2.05. The van der Waals surface area contributed by atoms with E-state index in [1.54, 1.807) is 20.1 Å². The van der Waals surface area contributed by atoms with E-state index in [0.717, 1.165) is 28.0 Å². The normalized spacial score (nSPS) is 19.4. The van der Waals surface area contributed by atoms with Crippen molar-refractivity contribution in [2.75, 3.05) is 13.7 Å². The number of carbonyl (C=O) groups is 2. The quantitative estimate of drug-likeness (QED) is 0.586. The summed E-state index contributed by atoms with van der Waals surface area (Å²) < 4.78 is 10.5. The summed E-state index contributed by atoms with van der Waals surface area (Å²) in [5, 5.41) is 0.